The maximum Gasteiger partial charge on any atom is 0.223 e. The number of nitrogens with zero attached hydrogens (tertiary/aromatic N) is 1. The largest absolute Gasteiger partial charge is 0.343 e. The number of likely N-dealkylation sites (tertiary alicyclic amines) is 1. The minimum atomic E-state index is -3.17. The predicted molar refractivity (Wildman–Crippen MR) is 89.7 cm³/mol. The third kappa shape index (κ3) is 4.12. The molecule has 1 aliphatic heterocycles. The number of carbonyl (C=O) groups excluding carboxylic acids is 1. The van der Waals surface area contributed by atoms with E-state index in [2.05, 4.69) is 22.9 Å². The third-order valence-corrected chi connectivity index (χ3v) is 5.67. The van der Waals surface area contributed by atoms with E-state index in [1.54, 1.807) is 0 Å². The number of benzene rings is 1. The molecule has 1 unspecified atom stereocenters. The minimum Gasteiger partial charge on any atom is -0.343 e. The van der Waals surface area contributed by atoms with Gasteiger partial charge in [0.15, 0.2) is 0 Å². The Kier molecular flexibility index (Phi) is 4.73. The summed E-state index contributed by atoms with van der Waals surface area (Å²) in [6, 6.07) is 8.36. The van der Waals surface area contributed by atoms with Gasteiger partial charge in [-0.1, -0.05) is 24.3 Å². The number of rotatable bonds is 4. The Labute approximate surface area is 138 Å². The number of nitrogens with one attached hydrogen (secondary N) is 1. The molecule has 1 aliphatic carbocycles. The first-order chi connectivity index (χ1) is 10.9. The SMILES string of the molecule is CS(=O)(=O)NC1CCN(C(=O)CC2CCc3ccccc32)CC1. The quantitative estimate of drug-likeness (QED) is 0.909. The van der Waals surface area contributed by atoms with Gasteiger partial charge < -0.3 is 4.90 Å². The Morgan fingerprint density at radius 1 is 1.22 bits per heavy atom. The van der Waals surface area contributed by atoms with Crippen LogP contribution in [0.15, 0.2) is 24.3 Å². The summed E-state index contributed by atoms with van der Waals surface area (Å²) >= 11 is 0. The van der Waals surface area contributed by atoms with Crippen molar-refractivity contribution in [3.63, 3.8) is 0 Å². The van der Waals surface area contributed by atoms with Gasteiger partial charge in [0, 0.05) is 25.6 Å². The first-order valence-corrected chi connectivity index (χ1v) is 10.1. The summed E-state index contributed by atoms with van der Waals surface area (Å²) in [6.07, 6.45) is 5.26. The van der Waals surface area contributed by atoms with Crippen molar-refractivity contribution in [1.29, 1.82) is 0 Å². The molecular formula is C17H24N2O3S. The van der Waals surface area contributed by atoms with Crippen molar-refractivity contribution in [3.05, 3.63) is 35.4 Å². The molecule has 23 heavy (non-hydrogen) atoms. The number of amides is 1. The van der Waals surface area contributed by atoms with Gasteiger partial charge in [-0.25, -0.2) is 13.1 Å². The molecule has 1 heterocycles. The lowest BCUT2D eigenvalue weighted by atomic mass is 9.96. The van der Waals surface area contributed by atoms with Crippen molar-refractivity contribution in [1.82, 2.24) is 9.62 Å². The zero-order valence-electron chi connectivity index (χ0n) is 13.5. The third-order valence-electron chi connectivity index (χ3n) is 4.91. The van der Waals surface area contributed by atoms with Gasteiger partial charge in [-0.05, 0) is 42.7 Å². The van der Waals surface area contributed by atoms with Crippen LogP contribution >= 0.6 is 0 Å². The van der Waals surface area contributed by atoms with E-state index in [-0.39, 0.29) is 11.9 Å². The van der Waals surface area contributed by atoms with Crippen molar-refractivity contribution in [2.24, 2.45) is 0 Å². The minimum absolute atomic E-state index is 0.0405. The highest BCUT2D eigenvalue weighted by molar-refractivity contribution is 7.88. The molecule has 6 heteroatoms. The Balaban J connectivity index is 1.53. The summed E-state index contributed by atoms with van der Waals surface area (Å²) in [7, 11) is -3.17. The number of hydrogen-bond acceptors (Lipinski definition) is 3. The summed E-state index contributed by atoms with van der Waals surface area (Å²) in [5, 5.41) is 0. The highest BCUT2D eigenvalue weighted by atomic mass is 32.2. The fourth-order valence-corrected chi connectivity index (χ4v) is 4.59. The van der Waals surface area contributed by atoms with E-state index in [1.807, 2.05) is 11.0 Å². The smallest absolute Gasteiger partial charge is 0.223 e. The molecule has 0 aromatic heterocycles. The number of fused-ring (bicyclic) bond motifs is 1. The maximum atomic E-state index is 12.5. The Morgan fingerprint density at radius 2 is 1.91 bits per heavy atom. The second kappa shape index (κ2) is 6.61. The van der Waals surface area contributed by atoms with E-state index in [0.29, 0.717) is 38.3 Å². The number of aryl methyl sites for hydroxylation is 1. The van der Waals surface area contributed by atoms with E-state index >= 15 is 0 Å². The molecule has 3 rings (SSSR count). The lowest BCUT2D eigenvalue weighted by Gasteiger charge is -2.32. The van der Waals surface area contributed by atoms with Crippen LogP contribution in [0.1, 0.15) is 42.7 Å². The van der Waals surface area contributed by atoms with Gasteiger partial charge in [0.2, 0.25) is 15.9 Å². The average molecular weight is 336 g/mol. The highest BCUT2D eigenvalue weighted by Gasteiger charge is 2.29. The molecule has 1 saturated heterocycles. The Hall–Kier alpha value is -1.40. The molecule has 0 saturated carbocycles. The van der Waals surface area contributed by atoms with E-state index in [1.165, 1.54) is 17.4 Å². The summed E-state index contributed by atoms with van der Waals surface area (Å²) in [4.78, 5) is 14.4. The monoisotopic (exact) mass is 336 g/mol. The molecule has 1 fully saturated rings. The molecule has 1 atom stereocenters. The average Bonchev–Trinajstić information content (AvgIpc) is 2.90. The van der Waals surface area contributed by atoms with Crippen LogP contribution in [0.4, 0.5) is 0 Å². The lowest BCUT2D eigenvalue weighted by molar-refractivity contribution is -0.132. The molecule has 1 amide bonds. The van der Waals surface area contributed by atoms with Crippen molar-refractivity contribution in [3.8, 4) is 0 Å². The van der Waals surface area contributed by atoms with E-state index < -0.39 is 10.0 Å². The van der Waals surface area contributed by atoms with Gasteiger partial charge in [0.1, 0.15) is 0 Å². The molecule has 0 radical (unpaired) electrons. The first kappa shape index (κ1) is 16.5. The highest BCUT2D eigenvalue weighted by Crippen LogP contribution is 2.35. The van der Waals surface area contributed by atoms with Crippen LogP contribution in [0.3, 0.4) is 0 Å². The van der Waals surface area contributed by atoms with Gasteiger partial charge in [-0.2, -0.15) is 0 Å². The second-order valence-corrected chi connectivity index (χ2v) is 8.46. The van der Waals surface area contributed by atoms with E-state index in [9.17, 15) is 13.2 Å². The van der Waals surface area contributed by atoms with Gasteiger partial charge in [0.05, 0.1) is 6.26 Å². The van der Waals surface area contributed by atoms with Crippen molar-refractivity contribution in [2.75, 3.05) is 19.3 Å². The van der Waals surface area contributed by atoms with Crippen LogP contribution in [0, 0.1) is 0 Å². The maximum absolute atomic E-state index is 12.5. The van der Waals surface area contributed by atoms with Crippen molar-refractivity contribution < 1.29 is 13.2 Å². The fourth-order valence-electron chi connectivity index (χ4n) is 3.75. The topological polar surface area (TPSA) is 66.5 Å². The zero-order chi connectivity index (χ0) is 16.4. The predicted octanol–water partition coefficient (Wildman–Crippen LogP) is 1.65. The number of carbonyl (C=O) groups is 1. The van der Waals surface area contributed by atoms with Gasteiger partial charge in [-0.15, -0.1) is 0 Å². The van der Waals surface area contributed by atoms with Crippen LogP contribution in [-0.2, 0) is 21.2 Å². The molecule has 1 aromatic carbocycles. The molecule has 1 aromatic rings. The van der Waals surface area contributed by atoms with E-state index in [4.69, 9.17) is 0 Å². The number of piperidine rings is 1. The molecule has 0 spiro atoms. The van der Waals surface area contributed by atoms with Gasteiger partial charge in [-0.3, -0.25) is 4.79 Å². The molecule has 0 bridgehead atoms. The lowest BCUT2D eigenvalue weighted by Crippen LogP contribution is -2.46. The van der Waals surface area contributed by atoms with Gasteiger partial charge >= 0.3 is 0 Å². The molecule has 126 valence electrons. The van der Waals surface area contributed by atoms with Crippen molar-refractivity contribution in [2.45, 2.75) is 44.1 Å². The fraction of sp³-hybridized carbons (Fsp3) is 0.588. The number of sulfonamides is 1. The van der Waals surface area contributed by atoms with Crippen LogP contribution in [-0.4, -0.2) is 44.6 Å². The Bertz CT molecular complexity index is 679. The standard InChI is InChI=1S/C17H24N2O3S/c1-23(21,22)18-15-8-10-19(11-9-15)17(20)12-14-7-6-13-4-2-3-5-16(13)14/h2-5,14-15,18H,6-12H2,1H3. The molecule has 1 N–H and O–H groups in total. The molecular weight excluding hydrogens is 312 g/mol. The molecule has 2 aliphatic rings. The summed E-state index contributed by atoms with van der Waals surface area (Å²) in [5.74, 6) is 0.537. The normalized spacial score (nSPS) is 22.1. The summed E-state index contributed by atoms with van der Waals surface area (Å²) in [5.41, 5.74) is 2.70. The van der Waals surface area contributed by atoms with Crippen LogP contribution in [0.5, 0.6) is 0 Å². The summed E-state index contributed by atoms with van der Waals surface area (Å²) in [6.45, 7) is 1.28. The van der Waals surface area contributed by atoms with Crippen LogP contribution in [0.25, 0.3) is 0 Å². The molecule has 5 nitrogen and oxygen atoms in total. The van der Waals surface area contributed by atoms with Crippen LogP contribution < -0.4 is 4.72 Å². The van der Waals surface area contributed by atoms with E-state index in [0.717, 1.165) is 12.8 Å². The zero-order valence-corrected chi connectivity index (χ0v) is 14.3. The first-order valence-electron chi connectivity index (χ1n) is 8.25. The van der Waals surface area contributed by atoms with Crippen molar-refractivity contribution >= 4 is 15.9 Å². The second-order valence-electron chi connectivity index (χ2n) is 6.68. The number of hydrogen-bond donors (Lipinski definition) is 1. The van der Waals surface area contributed by atoms with Gasteiger partial charge in [0.25, 0.3) is 0 Å². The Morgan fingerprint density at radius 3 is 2.61 bits per heavy atom. The summed E-state index contributed by atoms with van der Waals surface area (Å²) < 4.78 is 25.2. The van der Waals surface area contributed by atoms with Crippen LogP contribution in [0.2, 0.25) is 0 Å².